The van der Waals surface area contributed by atoms with Crippen LogP contribution >= 0.6 is 23.2 Å². The van der Waals surface area contributed by atoms with Crippen molar-refractivity contribution in [2.75, 3.05) is 42.8 Å². The zero-order chi connectivity index (χ0) is 22.7. The van der Waals surface area contributed by atoms with Gasteiger partial charge in [-0.25, -0.2) is 8.42 Å². The van der Waals surface area contributed by atoms with Crippen molar-refractivity contribution < 1.29 is 8.42 Å². The molecule has 1 fully saturated rings. The average Bonchev–Trinajstić information content (AvgIpc) is 2.76. The van der Waals surface area contributed by atoms with E-state index in [4.69, 9.17) is 23.2 Å². The molecule has 1 saturated heterocycles. The number of nitrogens with one attached hydrogen (secondary N) is 1. The average molecular weight is 490 g/mol. The van der Waals surface area contributed by atoms with Crippen LogP contribution in [0.5, 0.6) is 0 Å². The molecule has 1 aliphatic heterocycles. The molecule has 0 unspecified atom stereocenters. The fraction of sp³-hybridized carbons (Fsp3) is 0.250. The third-order valence-electron chi connectivity index (χ3n) is 5.54. The Morgan fingerprint density at radius 2 is 1.56 bits per heavy atom. The quantitative estimate of drug-likeness (QED) is 0.506. The van der Waals surface area contributed by atoms with Crippen LogP contribution in [0.4, 0.5) is 11.4 Å². The molecule has 0 amide bonds. The maximum Gasteiger partial charge on any atom is 0.236 e. The number of likely N-dealkylation sites (N-methyl/N-ethyl adjacent to an activating group) is 1. The van der Waals surface area contributed by atoms with Crippen LogP contribution in [0.2, 0.25) is 10.0 Å². The Labute approximate surface area is 199 Å². The highest BCUT2D eigenvalue weighted by atomic mass is 35.5. The van der Waals surface area contributed by atoms with Gasteiger partial charge in [0.1, 0.15) is 0 Å². The number of hydrogen-bond acceptors (Lipinski definition) is 4. The van der Waals surface area contributed by atoms with Crippen molar-refractivity contribution in [3.8, 4) is 11.1 Å². The normalized spacial score (nSPS) is 15.0. The summed E-state index contributed by atoms with van der Waals surface area (Å²) in [5.74, 6) is -0.166. The van der Waals surface area contributed by atoms with Crippen LogP contribution in [-0.4, -0.2) is 46.5 Å². The number of sulfonamides is 1. The summed E-state index contributed by atoms with van der Waals surface area (Å²) in [6.07, 6.45) is 0. The molecule has 3 aromatic carbocycles. The first-order valence-corrected chi connectivity index (χ1v) is 12.8. The van der Waals surface area contributed by atoms with Crippen molar-refractivity contribution in [2.24, 2.45) is 0 Å². The molecule has 1 aliphatic rings. The molecule has 0 atom stereocenters. The molecule has 0 aliphatic carbocycles. The van der Waals surface area contributed by atoms with Gasteiger partial charge in [0.2, 0.25) is 10.0 Å². The number of hydrogen-bond donors (Lipinski definition) is 1. The molecule has 3 aromatic rings. The van der Waals surface area contributed by atoms with Gasteiger partial charge < -0.3 is 9.80 Å². The van der Waals surface area contributed by atoms with Crippen LogP contribution in [0.3, 0.4) is 0 Å². The highest BCUT2D eigenvalue weighted by molar-refractivity contribution is 7.91. The zero-order valence-corrected chi connectivity index (χ0v) is 20.1. The van der Waals surface area contributed by atoms with E-state index in [1.54, 1.807) is 30.3 Å². The van der Waals surface area contributed by atoms with E-state index >= 15 is 0 Å². The third kappa shape index (κ3) is 5.56. The molecule has 0 bridgehead atoms. The van der Waals surface area contributed by atoms with Crippen LogP contribution in [-0.2, 0) is 15.8 Å². The minimum absolute atomic E-state index is 0.166. The first-order chi connectivity index (χ1) is 15.3. The summed E-state index contributed by atoms with van der Waals surface area (Å²) in [4.78, 5) is 4.55. The lowest BCUT2D eigenvalue weighted by Gasteiger charge is -2.34. The number of anilines is 2. The van der Waals surface area contributed by atoms with E-state index in [0.717, 1.165) is 37.4 Å². The van der Waals surface area contributed by atoms with Gasteiger partial charge in [0.25, 0.3) is 0 Å². The lowest BCUT2D eigenvalue weighted by molar-refractivity contribution is 0.313. The topological polar surface area (TPSA) is 52.6 Å². The van der Waals surface area contributed by atoms with E-state index in [-0.39, 0.29) is 5.75 Å². The number of rotatable bonds is 6. The fourth-order valence-corrected chi connectivity index (χ4v) is 5.45. The Bertz CT molecular complexity index is 1210. The highest BCUT2D eigenvalue weighted by Gasteiger charge is 2.17. The summed E-state index contributed by atoms with van der Waals surface area (Å²) in [6.45, 7) is 3.81. The highest BCUT2D eigenvalue weighted by Crippen LogP contribution is 2.34. The molecule has 1 heterocycles. The Kier molecular flexibility index (Phi) is 6.96. The second kappa shape index (κ2) is 9.71. The molecule has 4 rings (SSSR count). The Morgan fingerprint density at radius 3 is 2.31 bits per heavy atom. The summed E-state index contributed by atoms with van der Waals surface area (Å²) < 4.78 is 28.5. The second-order valence-electron chi connectivity index (χ2n) is 8.00. The third-order valence-corrected chi connectivity index (χ3v) is 7.46. The van der Waals surface area contributed by atoms with Gasteiger partial charge >= 0.3 is 0 Å². The monoisotopic (exact) mass is 489 g/mol. The van der Waals surface area contributed by atoms with Crippen molar-refractivity contribution in [3.05, 3.63) is 82.3 Å². The van der Waals surface area contributed by atoms with E-state index < -0.39 is 10.0 Å². The maximum absolute atomic E-state index is 12.9. The van der Waals surface area contributed by atoms with Crippen LogP contribution in [0.25, 0.3) is 11.1 Å². The summed E-state index contributed by atoms with van der Waals surface area (Å²) in [5.41, 5.74) is 3.69. The Hall–Kier alpha value is -2.25. The molecule has 1 N–H and O–H groups in total. The first-order valence-electron chi connectivity index (χ1n) is 10.4. The molecule has 8 heteroatoms. The maximum atomic E-state index is 12.9. The predicted molar refractivity (Wildman–Crippen MR) is 134 cm³/mol. The van der Waals surface area contributed by atoms with Crippen LogP contribution < -0.4 is 9.62 Å². The summed E-state index contributed by atoms with van der Waals surface area (Å²) in [6, 6.07) is 20.1. The van der Waals surface area contributed by atoms with Gasteiger partial charge in [-0.1, -0.05) is 53.5 Å². The van der Waals surface area contributed by atoms with Crippen molar-refractivity contribution in [2.45, 2.75) is 5.75 Å². The number of benzene rings is 3. The van der Waals surface area contributed by atoms with E-state index in [2.05, 4.69) is 21.6 Å². The Balaban J connectivity index is 1.51. The van der Waals surface area contributed by atoms with E-state index in [1.807, 2.05) is 36.4 Å². The van der Waals surface area contributed by atoms with Gasteiger partial charge in [-0.15, -0.1) is 0 Å². The molecule has 0 aromatic heterocycles. The minimum Gasteiger partial charge on any atom is -0.369 e. The lowest BCUT2D eigenvalue weighted by atomic mass is 10.0. The van der Waals surface area contributed by atoms with Gasteiger partial charge in [0, 0.05) is 53.0 Å². The number of piperazine rings is 1. The molecule has 0 radical (unpaired) electrons. The molecular formula is C24H25Cl2N3O2S. The van der Waals surface area contributed by atoms with Gasteiger partial charge in [0.15, 0.2) is 0 Å². The first kappa shape index (κ1) is 22.9. The van der Waals surface area contributed by atoms with Crippen LogP contribution in [0.1, 0.15) is 5.56 Å². The minimum atomic E-state index is -3.62. The number of nitrogens with zero attached hydrogens (tertiary/aromatic N) is 2. The fourth-order valence-electron chi connectivity index (χ4n) is 3.81. The van der Waals surface area contributed by atoms with Gasteiger partial charge in [-0.2, -0.15) is 0 Å². The SMILES string of the molecule is CN1CCN(c2cccc(NS(=O)(=O)Cc3ccc(Cl)c(-c4ccccc4Cl)c3)c2)CC1. The smallest absolute Gasteiger partial charge is 0.236 e. The lowest BCUT2D eigenvalue weighted by Crippen LogP contribution is -2.44. The van der Waals surface area contributed by atoms with Gasteiger partial charge in [-0.3, -0.25) is 4.72 Å². The molecule has 0 saturated carbocycles. The van der Waals surface area contributed by atoms with Crippen LogP contribution in [0.15, 0.2) is 66.7 Å². The summed E-state index contributed by atoms with van der Waals surface area (Å²) in [5, 5.41) is 1.08. The summed E-state index contributed by atoms with van der Waals surface area (Å²) in [7, 11) is -1.51. The van der Waals surface area contributed by atoms with E-state index in [1.165, 1.54) is 0 Å². The predicted octanol–water partition coefficient (Wildman–Crippen LogP) is 5.35. The second-order valence-corrected chi connectivity index (χ2v) is 10.5. The van der Waals surface area contributed by atoms with Crippen molar-refractivity contribution in [3.63, 3.8) is 0 Å². The van der Waals surface area contributed by atoms with Crippen molar-refractivity contribution in [1.29, 1.82) is 0 Å². The molecule has 168 valence electrons. The standard InChI is InChI=1S/C24H25Cl2N3O2S/c1-28-11-13-29(14-12-28)20-6-4-5-19(16-20)27-32(30,31)17-18-9-10-24(26)22(15-18)21-7-2-3-8-23(21)25/h2-10,15-16,27H,11-14,17H2,1H3. The molecule has 32 heavy (non-hydrogen) atoms. The van der Waals surface area contributed by atoms with Crippen molar-refractivity contribution >= 4 is 44.6 Å². The number of halogens is 2. The van der Waals surface area contributed by atoms with Gasteiger partial charge in [-0.05, 0) is 49.0 Å². The van der Waals surface area contributed by atoms with E-state index in [9.17, 15) is 8.42 Å². The largest absolute Gasteiger partial charge is 0.369 e. The molecule has 0 spiro atoms. The molecular weight excluding hydrogens is 465 g/mol. The summed E-state index contributed by atoms with van der Waals surface area (Å²) >= 11 is 12.7. The Morgan fingerprint density at radius 1 is 0.844 bits per heavy atom. The van der Waals surface area contributed by atoms with Crippen molar-refractivity contribution in [1.82, 2.24) is 4.90 Å². The van der Waals surface area contributed by atoms with E-state index in [0.29, 0.717) is 26.9 Å². The molecule has 5 nitrogen and oxygen atoms in total. The van der Waals surface area contributed by atoms with Gasteiger partial charge in [0.05, 0.1) is 11.4 Å². The zero-order valence-electron chi connectivity index (χ0n) is 17.8. The van der Waals surface area contributed by atoms with Crippen LogP contribution in [0, 0.1) is 0 Å².